The van der Waals surface area contributed by atoms with Crippen LogP contribution in [0, 0.1) is 10.1 Å². The van der Waals surface area contributed by atoms with E-state index in [1.54, 1.807) is 12.1 Å². The van der Waals surface area contributed by atoms with Crippen molar-refractivity contribution >= 4 is 17.3 Å². The molecule has 28 heavy (non-hydrogen) atoms. The van der Waals surface area contributed by atoms with Crippen LogP contribution >= 0.6 is 0 Å². The average Bonchev–Trinajstić information content (AvgIpc) is 3.14. The SMILES string of the molecule is O=C(C[n+]1ccc(Cc2ccc([N+](=O)[O-])cc2)cc1)N1CCc2ccccc21. The van der Waals surface area contributed by atoms with Gasteiger partial charge in [0.15, 0.2) is 12.4 Å². The van der Waals surface area contributed by atoms with Gasteiger partial charge in [0.1, 0.15) is 0 Å². The van der Waals surface area contributed by atoms with Gasteiger partial charge < -0.3 is 4.90 Å². The molecule has 0 unspecified atom stereocenters. The summed E-state index contributed by atoms with van der Waals surface area (Å²) in [4.78, 5) is 24.9. The van der Waals surface area contributed by atoms with E-state index in [0.717, 1.165) is 29.8 Å². The number of amides is 1. The van der Waals surface area contributed by atoms with Crippen molar-refractivity contribution in [2.24, 2.45) is 0 Å². The van der Waals surface area contributed by atoms with Crippen LogP contribution < -0.4 is 9.47 Å². The molecule has 1 aromatic heterocycles. The molecule has 1 amide bonds. The van der Waals surface area contributed by atoms with Crippen LogP contribution in [0.4, 0.5) is 11.4 Å². The number of nitro groups is 1. The molecule has 1 aliphatic rings. The zero-order valence-electron chi connectivity index (χ0n) is 15.3. The minimum Gasteiger partial charge on any atom is -0.306 e. The molecule has 0 saturated heterocycles. The predicted molar refractivity (Wildman–Crippen MR) is 105 cm³/mol. The molecule has 0 fully saturated rings. The number of hydrogen-bond donors (Lipinski definition) is 0. The summed E-state index contributed by atoms with van der Waals surface area (Å²) in [7, 11) is 0. The lowest BCUT2D eigenvalue weighted by molar-refractivity contribution is -0.684. The number of hydrogen-bond acceptors (Lipinski definition) is 3. The highest BCUT2D eigenvalue weighted by Crippen LogP contribution is 2.27. The Hall–Kier alpha value is -3.54. The highest BCUT2D eigenvalue weighted by atomic mass is 16.6. The number of carbonyl (C=O) groups is 1. The second kappa shape index (κ2) is 7.60. The van der Waals surface area contributed by atoms with Gasteiger partial charge in [-0.3, -0.25) is 14.9 Å². The molecule has 0 bridgehead atoms. The maximum Gasteiger partial charge on any atom is 0.292 e. The Morgan fingerprint density at radius 1 is 1.00 bits per heavy atom. The van der Waals surface area contributed by atoms with E-state index in [4.69, 9.17) is 0 Å². The lowest BCUT2D eigenvalue weighted by Crippen LogP contribution is -2.44. The fraction of sp³-hybridized carbons (Fsp3) is 0.182. The van der Waals surface area contributed by atoms with E-state index in [2.05, 4.69) is 6.07 Å². The summed E-state index contributed by atoms with van der Waals surface area (Å²) >= 11 is 0. The lowest BCUT2D eigenvalue weighted by atomic mass is 10.1. The van der Waals surface area contributed by atoms with Crippen molar-refractivity contribution in [1.82, 2.24) is 0 Å². The van der Waals surface area contributed by atoms with Crippen LogP contribution in [0.3, 0.4) is 0 Å². The number of fused-ring (bicyclic) bond motifs is 1. The molecule has 0 aliphatic carbocycles. The highest BCUT2D eigenvalue weighted by molar-refractivity contribution is 5.94. The van der Waals surface area contributed by atoms with E-state index < -0.39 is 4.92 Å². The fourth-order valence-corrected chi connectivity index (χ4v) is 3.52. The molecule has 6 heteroatoms. The molecule has 1 aliphatic heterocycles. The molecule has 0 saturated carbocycles. The normalized spacial score (nSPS) is 12.6. The first-order chi connectivity index (χ1) is 13.6. The van der Waals surface area contributed by atoms with E-state index in [1.165, 1.54) is 17.7 Å². The van der Waals surface area contributed by atoms with Gasteiger partial charge in [-0.2, -0.15) is 4.57 Å². The van der Waals surface area contributed by atoms with Gasteiger partial charge in [0.05, 0.1) is 4.92 Å². The van der Waals surface area contributed by atoms with Crippen LogP contribution in [0.15, 0.2) is 73.1 Å². The van der Waals surface area contributed by atoms with Crippen molar-refractivity contribution < 1.29 is 14.3 Å². The predicted octanol–water partition coefficient (Wildman–Crippen LogP) is 3.06. The first-order valence-corrected chi connectivity index (χ1v) is 9.20. The molecule has 0 radical (unpaired) electrons. The first kappa shape index (κ1) is 17.9. The Balaban J connectivity index is 1.39. The average molecular weight is 374 g/mol. The summed E-state index contributed by atoms with van der Waals surface area (Å²) in [5, 5.41) is 10.7. The van der Waals surface area contributed by atoms with Crippen LogP contribution in [0.5, 0.6) is 0 Å². The van der Waals surface area contributed by atoms with Crippen molar-refractivity contribution in [3.8, 4) is 0 Å². The number of nitro benzene ring substituents is 1. The molecule has 6 nitrogen and oxygen atoms in total. The Labute approximate surface area is 162 Å². The Morgan fingerprint density at radius 3 is 2.39 bits per heavy atom. The van der Waals surface area contributed by atoms with E-state index in [0.29, 0.717) is 13.0 Å². The largest absolute Gasteiger partial charge is 0.306 e. The van der Waals surface area contributed by atoms with E-state index >= 15 is 0 Å². The third-order valence-electron chi connectivity index (χ3n) is 5.02. The van der Waals surface area contributed by atoms with Crippen molar-refractivity contribution in [1.29, 1.82) is 0 Å². The minimum absolute atomic E-state index is 0.0815. The number of nitrogens with zero attached hydrogens (tertiary/aromatic N) is 3. The first-order valence-electron chi connectivity index (χ1n) is 9.20. The summed E-state index contributed by atoms with van der Waals surface area (Å²) in [6.45, 7) is 1.03. The zero-order chi connectivity index (χ0) is 19.5. The van der Waals surface area contributed by atoms with Crippen LogP contribution in [0.25, 0.3) is 0 Å². The number of para-hydroxylation sites is 1. The van der Waals surface area contributed by atoms with Gasteiger partial charge in [0.25, 0.3) is 11.6 Å². The van der Waals surface area contributed by atoms with Gasteiger partial charge in [-0.05, 0) is 35.6 Å². The smallest absolute Gasteiger partial charge is 0.292 e. The molecule has 0 spiro atoms. The van der Waals surface area contributed by atoms with Crippen molar-refractivity contribution in [2.75, 3.05) is 11.4 Å². The lowest BCUT2D eigenvalue weighted by Gasteiger charge is -2.15. The van der Waals surface area contributed by atoms with Gasteiger partial charge in [-0.25, -0.2) is 0 Å². The van der Waals surface area contributed by atoms with Crippen molar-refractivity contribution in [2.45, 2.75) is 19.4 Å². The Morgan fingerprint density at radius 2 is 1.68 bits per heavy atom. The van der Waals surface area contributed by atoms with Crippen LogP contribution in [-0.2, 0) is 24.2 Å². The van der Waals surface area contributed by atoms with Crippen LogP contribution in [-0.4, -0.2) is 17.4 Å². The molecule has 2 heterocycles. The summed E-state index contributed by atoms with van der Waals surface area (Å²) < 4.78 is 1.88. The van der Waals surface area contributed by atoms with E-state index in [9.17, 15) is 14.9 Å². The second-order valence-corrected chi connectivity index (χ2v) is 6.90. The molecule has 4 rings (SSSR count). The second-order valence-electron chi connectivity index (χ2n) is 6.90. The number of anilines is 1. The molecule has 2 aromatic carbocycles. The summed E-state index contributed by atoms with van der Waals surface area (Å²) in [6.07, 6.45) is 5.40. The molecular formula is C22H20N3O3+. The van der Waals surface area contributed by atoms with E-state index in [-0.39, 0.29) is 11.6 Å². The van der Waals surface area contributed by atoms with Crippen LogP contribution in [0.1, 0.15) is 16.7 Å². The highest BCUT2D eigenvalue weighted by Gasteiger charge is 2.26. The third kappa shape index (κ3) is 3.76. The van der Waals surface area contributed by atoms with E-state index in [1.807, 2.05) is 52.2 Å². The summed E-state index contributed by atoms with van der Waals surface area (Å²) in [6, 6.07) is 18.6. The van der Waals surface area contributed by atoms with Gasteiger partial charge in [0, 0.05) is 36.5 Å². The maximum absolute atomic E-state index is 12.7. The van der Waals surface area contributed by atoms with Gasteiger partial charge in [-0.15, -0.1) is 0 Å². The monoisotopic (exact) mass is 374 g/mol. The molecule has 3 aromatic rings. The number of non-ortho nitro benzene ring substituents is 1. The summed E-state index contributed by atoms with van der Waals surface area (Å²) in [5.74, 6) is 0.0815. The number of aromatic nitrogens is 1. The molecular weight excluding hydrogens is 354 g/mol. The van der Waals surface area contributed by atoms with Gasteiger partial charge in [-0.1, -0.05) is 30.3 Å². The number of rotatable bonds is 5. The number of pyridine rings is 1. The topological polar surface area (TPSA) is 67.3 Å². The Kier molecular flexibility index (Phi) is 4.85. The maximum atomic E-state index is 12.7. The minimum atomic E-state index is -0.398. The van der Waals surface area contributed by atoms with Gasteiger partial charge in [0.2, 0.25) is 6.54 Å². The summed E-state index contributed by atoms with van der Waals surface area (Å²) in [5.41, 5.74) is 4.43. The fourth-order valence-electron chi connectivity index (χ4n) is 3.52. The number of benzene rings is 2. The molecule has 0 atom stereocenters. The standard InChI is InChI=1S/C22H20N3O3/c26-22(24-14-11-19-3-1-2-4-21(19)24)16-23-12-9-18(10-13-23)15-17-5-7-20(8-6-17)25(27)28/h1-10,12-13H,11,14-16H2/q+1. The van der Waals surface area contributed by atoms with Crippen molar-refractivity contribution in [3.63, 3.8) is 0 Å². The molecule has 0 N–H and O–H groups in total. The van der Waals surface area contributed by atoms with Gasteiger partial charge >= 0.3 is 0 Å². The Bertz CT molecular complexity index is 1010. The molecule has 140 valence electrons. The zero-order valence-corrected chi connectivity index (χ0v) is 15.3. The number of carbonyl (C=O) groups excluding carboxylic acids is 1. The quantitative estimate of drug-likeness (QED) is 0.392. The van der Waals surface area contributed by atoms with Crippen molar-refractivity contribution in [3.05, 3.63) is 99.9 Å². The van der Waals surface area contributed by atoms with Crippen LogP contribution in [0.2, 0.25) is 0 Å². The third-order valence-corrected chi connectivity index (χ3v) is 5.02.